The number of aliphatic carboxylic acids is 1. The summed E-state index contributed by atoms with van der Waals surface area (Å²) in [5, 5.41) is 10.6. The second-order valence-electron chi connectivity index (χ2n) is 7.38. The van der Waals surface area contributed by atoms with Crippen LogP contribution in [-0.4, -0.2) is 72.3 Å². The van der Waals surface area contributed by atoms with Crippen molar-refractivity contribution in [2.24, 2.45) is 0 Å². The van der Waals surface area contributed by atoms with E-state index in [2.05, 4.69) is 9.80 Å². The fourth-order valence-electron chi connectivity index (χ4n) is 3.95. The predicted molar refractivity (Wildman–Crippen MR) is 115 cm³/mol. The molecule has 1 N–H and O–H groups in total. The summed E-state index contributed by atoms with van der Waals surface area (Å²) in [4.78, 5) is 16.4. The molecule has 1 aromatic rings. The first-order valence-electron chi connectivity index (χ1n) is 10.1. The summed E-state index contributed by atoms with van der Waals surface area (Å²) in [6.45, 7) is 6.75. The first kappa shape index (κ1) is 22.8. The van der Waals surface area contributed by atoms with Crippen LogP contribution in [0.5, 0.6) is 0 Å². The van der Waals surface area contributed by atoms with Gasteiger partial charge >= 0.3 is 5.97 Å². The number of carbonyl (C=O) groups is 1. The van der Waals surface area contributed by atoms with E-state index in [0.29, 0.717) is 36.9 Å². The number of hydrogen-bond donors (Lipinski definition) is 1. The van der Waals surface area contributed by atoms with E-state index in [9.17, 15) is 14.3 Å². The van der Waals surface area contributed by atoms with Gasteiger partial charge in [0.25, 0.3) is 0 Å². The van der Waals surface area contributed by atoms with Gasteiger partial charge in [0.1, 0.15) is 12.0 Å². The fraction of sp³-hybridized carbons (Fsp3) is 0.500. The molecule has 164 valence electrons. The number of ether oxygens (including phenoxy) is 2. The average molecular weight is 437 g/mol. The van der Waals surface area contributed by atoms with Gasteiger partial charge < -0.3 is 19.5 Å². The molecule has 3 rings (SSSR count). The van der Waals surface area contributed by atoms with E-state index in [-0.39, 0.29) is 18.1 Å². The van der Waals surface area contributed by atoms with Gasteiger partial charge in [-0.15, -0.1) is 11.8 Å². The van der Waals surface area contributed by atoms with E-state index in [1.807, 2.05) is 26.0 Å². The molecular weight excluding hydrogens is 407 g/mol. The number of morpholine rings is 1. The molecule has 0 spiro atoms. The Morgan fingerprint density at radius 2 is 2.23 bits per heavy atom. The molecular formula is C22H29FN2O4S. The van der Waals surface area contributed by atoms with Gasteiger partial charge in [-0.05, 0) is 42.0 Å². The fourth-order valence-corrected chi connectivity index (χ4v) is 4.95. The third-order valence-corrected chi connectivity index (χ3v) is 6.22. The standard InChI is InChI=1S/C22H29FN2O4S/c1-4-30-21-20(22(26)27)15(2)10-19(24-8-9-29-18(13-24)14-28-3)25(21)12-16-6-5-7-17(23)11-16/h5-7,10-11,18-19H,4,8-9,12-14H2,1-3H3,(H,26,27)/t18-,19?/m1/s1. The lowest BCUT2D eigenvalue weighted by Gasteiger charge is -2.46. The zero-order valence-corrected chi connectivity index (χ0v) is 18.5. The highest BCUT2D eigenvalue weighted by Gasteiger charge is 2.36. The lowest BCUT2D eigenvalue weighted by atomic mass is 10.0. The SMILES string of the molecule is CCSC1=C(C(=O)O)C(C)=CC(N2CCO[C@@H](COC)C2)N1Cc1cccc(F)c1. The molecule has 0 amide bonds. The zero-order chi connectivity index (χ0) is 21.7. The van der Waals surface area contributed by atoms with Gasteiger partial charge in [-0.2, -0.15) is 0 Å². The maximum atomic E-state index is 13.8. The van der Waals surface area contributed by atoms with Crippen molar-refractivity contribution < 1.29 is 23.8 Å². The minimum Gasteiger partial charge on any atom is -0.478 e. The molecule has 0 aliphatic carbocycles. The van der Waals surface area contributed by atoms with E-state index in [4.69, 9.17) is 9.47 Å². The normalized spacial score (nSPS) is 22.9. The molecule has 0 saturated carbocycles. The number of halogens is 1. The Morgan fingerprint density at radius 1 is 1.43 bits per heavy atom. The van der Waals surface area contributed by atoms with Crippen LogP contribution in [-0.2, 0) is 20.8 Å². The lowest BCUT2D eigenvalue weighted by molar-refractivity contribution is -0.132. The molecule has 6 nitrogen and oxygen atoms in total. The van der Waals surface area contributed by atoms with Crippen LogP contribution in [0.15, 0.2) is 46.5 Å². The van der Waals surface area contributed by atoms with Crippen LogP contribution in [0.1, 0.15) is 19.4 Å². The Balaban J connectivity index is 1.99. The molecule has 8 heteroatoms. The maximum absolute atomic E-state index is 13.8. The first-order chi connectivity index (χ1) is 14.4. The monoisotopic (exact) mass is 436 g/mol. The van der Waals surface area contributed by atoms with E-state index in [1.165, 1.54) is 23.9 Å². The Morgan fingerprint density at radius 3 is 2.90 bits per heavy atom. The summed E-state index contributed by atoms with van der Waals surface area (Å²) in [6.07, 6.45) is 1.81. The number of nitrogens with zero attached hydrogens (tertiary/aromatic N) is 2. The quantitative estimate of drug-likeness (QED) is 0.671. The van der Waals surface area contributed by atoms with Gasteiger partial charge in [-0.1, -0.05) is 19.1 Å². The average Bonchev–Trinajstić information content (AvgIpc) is 2.70. The van der Waals surface area contributed by atoms with Crippen LogP contribution < -0.4 is 0 Å². The highest BCUT2D eigenvalue weighted by molar-refractivity contribution is 8.03. The van der Waals surface area contributed by atoms with Crippen molar-refractivity contribution in [3.05, 3.63) is 57.9 Å². The molecule has 0 radical (unpaired) electrons. The summed E-state index contributed by atoms with van der Waals surface area (Å²) in [7, 11) is 1.65. The number of rotatable bonds is 8. The minimum atomic E-state index is -0.943. The molecule has 1 saturated heterocycles. The van der Waals surface area contributed by atoms with Crippen molar-refractivity contribution in [3.8, 4) is 0 Å². The van der Waals surface area contributed by atoms with E-state index in [1.54, 1.807) is 13.2 Å². The summed E-state index contributed by atoms with van der Waals surface area (Å²) in [5.41, 5.74) is 1.86. The Hall–Kier alpha value is -1.87. The second kappa shape index (κ2) is 10.4. The largest absolute Gasteiger partial charge is 0.478 e. The summed E-state index contributed by atoms with van der Waals surface area (Å²) >= 11 is 1.51. The van der Waals surface area contributed by atoms with Gasteiger partial charge in [0.05, 0.1) is 29.9 Å². The number of thioether (sulfide) groups is 1. The number of benzene rings is 1. The van der Waals surface area contributed by atoms with Gasteiger partial charge in [0, 0.05) is 26.7 Å². The second-order valence-corrected chi connectivity index (χ2v) is 8.64. The first-order valence-corrected chi connectivity index (χ1v) is 11.1. The van der Waals surface area contributed by atoms with Crippen LogP contribution in [0, 0.1) is 5.82 Å². The summed E-state index contributed by atoms with van der Waals surface area (Å²) < 4.78 is 24.9. The van der Waals surface area contributed by atoms with Crippen molar-refractivity contribution >= 4 is 17.7 Å². The molecule has 2 aliphatic rings. The van der Waals surface area contributed by atoms with Gasteiger partial charge in [0.2, 0.25) is 0 Å². The number of carboxylic acid groups (broad SMARTS) is 1. The lowest BCUT2D eigenvalue weighted by Crippen LogP contribution is -2.55. The van der Waals surface area contributed by atoms with Crippen molar-refractivity contribution in [3.63, 3.8) is 0 Å². The maximum Gasteiger partial charge on any atom is 0.338 e. The van der Waals surface area contributed by atoms with E-state index in [0.717, 1.165) is 23.4 Å². The Labute approximate surface area is 181 Å². The molecule has 2 atom stereocenters. The zero-order valence-electron chi connectivity index (χ0n) is 17.6. The van der Waals surface area contributed by atoms with Crippen LogP contribution in [0.25, 0.3) is 0 Å². The molecule has 30 heavy (non-hydrogen) atoms. The number of carboxylic acids is 1. The third-order valence-electron chi connectivity index (χ3n) is 5.22. The molecule has 0 bridgehead atoms. The van der Waals surface area contributed by atoms with Crippen molar-refractivity contribution in [2.45, 2.75) is 32.7 Å². The summed E-state index contributed by atoms with van der Waals surface area (Å²) in [6, 6.07) is 6.47. The molecule has 1 fully saturated rings. The predicted octanol–water partition coefficient (Wildman–Crippen LogP) is 3.31. The van der Waals surface area contributed by atoms with Crippen LogP contribution in [0.3, 0.4) is 0 Å². The number of hydrogen-bond acceptors (Lipinski definition) is 6. The molecule has 1 aromatic carbocycles. The van der Waals surface area contributed by atoms with Crippen molar-refractivity contribution in [1.82, 2.24) is 9.80 Å². The molecule has 2 heterocycles. The highest BCUT2D eigenvalue weighted by Crippen LogP contribution is 2.37. The van der Waals surface area contributed by atoms with E-state index >= 15 is 0 Å². The van der Waals surface area contributed by atoms with Crippen LogP contribution in [0.2, 0.25) is 0 Å². The molecule has 0 aromatic heterocycles. The van der Waals surface area contributed by atoms with Gasteiger partial charge in [-0.3, -0.25) is 4.90 Å². The van der Waals surface area contributed by atoms with Gasteiger partial charge in [-0.25, -0.2) is 9.18 Å². The topological polar surface area (TPSA) is 62.2 Å². The van der Waals surface area contributed by atoms with Crippen molar-refractivity contribution in [2.75, 3.05) is 39.2 Å². The number of methoxy groups -OCH3 is 1. The van der Waals surface area contributed by atoms with Crippen LogP contribution in [0.4, 0.5) is 4.39 Å². The minimum absolute atomic E-state index is 0.0411. The summed E-state index contributed by atoms with van der Waals surface area (Å²) in [5.74, 6) is -0.505. The van der Waals surface area contributed by atoms with Crippen LogP contribution >= 0.6 is 11.8 Å². The Bertz CT molecular complexity index is 827. The van der Waals surface area contributed by atoms with E-state index < -0.39 is 5.97 Å². The smallest absolute Gasteiger partial charge is 0.338 e. The van der Waals surface area contributed by atoms with Gasteiger partial charge in [0.15, 0.2) is 0 Å². The molecule has 1 unspecified atom stereocenters. The highest BCUT2D eigenvalue weighted by atomic mass is 32.2. The van der Waals surface area contributed by atoms with Crippen molar-refractivity contribution in [1.29, 1.82) is 0 Å². The third kappa shape index (κ3) is 5.24. The Kier molecular flexibility index (Phi) is 7.93. The molecule has 2 aliphatic heterocycles.